The highest BCUT2D eigenvalue weighted by Crippen LogP contribution is 2.41. The van der Waals surface area contributed by atoms with E-state index in [4.69, 9.17) is 0 Å². The summed E-state index contributed by atoms with van der Waals surface area (Å²) in [5.74, 6) is 0.336. The fourth-order valence-corrected chi connectivity index (χ4v) is 6.08. The molecule has 0 aliphatic heterocycles. The first-order valence-corrected chi connectivity index (χ1v) is 12.8. The van der Waals surface area contributed by atoms with Crippen LogP contribution in [0.2, 0.25) is 0 Å². The summed E-state index contributed by atoms with van der Waals surface area (Å²) in [5.41, 5.74) is 4.16. The Morgan fingerprint density at radius 1 is 1.24 bits per heavy atom. The van der Waals surface area contributed by atoms with Crippen molar-refractivity contribution in [1.29, 1.82) is 0 Å². The van der Waals surface area contributed by atoms with Gasteiger partial charge < -0.3 is 5.32 Å². The maximum Gasteiger partial charge on any atom is 0.279 e. The number of thiophene rings is 1. The first-order chi connectivity index (χ1) is 15.7. The summed E-state index contributed by atoms with van der Waals surface area (Å²) >= 11 is 1.59. The van der Waals surface area contributed by atoms with Crippen LogP contribution in [0.3, 0.4) is 0 Å². The highest BCUT2D eigenvalue weighted by molar-refractivity contribution is 7.18. The Morgan fingerprint density at radius 2 is 1.91 bits per heavy atom. The highest BCUT2D eigenvalue weighted by Gasteiger charge is 2.32. The Kier molecular flexibility index (Phi) is 6.45. The first-order valence-electron chi connectivity index (χ1n) is 12.0. The van der Waals surface area contributed by atoms with Gasteiger partial charge >= 0.3 is 0 Å². The zero-order valence-electron chi connectivity index (χ0n) is 20.5. The van der Waals surface area contributed by atoms with Gasteiger partial charge in [0.1, 0.15) is 6.04 Å². The van der Waals surface area contributed by atoms with Crippen LogP contribution in [-0.2, 0) is 30.5 Å². The molecule has 2 unspecified atom stereocenters. The number of nitrogens with zero attached hydrogens (tertiary/aromatic N) is 3. The van der Waals surface area contributed by atoms with E-state index in [0.29, 0.717) is 16.1 Å². The molecule has 0 radical (unpaired) electrons. The van der Waals surface area contributed by atoms with Crippen molar-refractivity contribution in [2.75, 3.05) is 5.32 Å². The lowest BCUT2D eigenvalue weighted by molar-refractivity contribution is -0.119. The molecule has 33 heavy (non-hydrogen) atoms. The van der Waals surface area contributed by atoms with E-state index < -0.39 is 6.04 Å². The second-order valence-electron chi connectivity index (χ2n) is 10.2. The third kappa shape index (κ3) is 4.35. The molecule has 6 nitrogen and oxygen atoms in total. The molecule has 1 N–H and O–H groups in total. The number of carbonyl (C=O) groups excluding carboxylic acids is 1. The number of nitrogens with one attached hydrogen (secondary N) is 1. The van der Waals surface area contributed by atoms with Crippen LogP contribution in [0.25, 0.3) is 10.2 Å². The number of aromatic nitrogens is 3. The normalized spacial score (nSPS) is 17.1. The molecule has 7 heteroatoms. The average molecular weight is 467 g/mol. The Hall–Kier alpha value is -2.54. The van der Waals surface area contributed by atoms with Crippen molar-refractivity contribution in [2.45, 2.75) is 79.7 Å². The quantitative estimate of drug-likeness (QED) is 0.551. The van der Waals surface area contributed by atoms with Crippen LogP contribution in [0.4, 0.5) is 5.69 Å². The number of rotatable bonds is 5. The number of hydrogen-bond acceptors (Lipinski definition) is 5. The summed E-state index contributed by atoms with van der Waals surface area (Å²) < 4.78 is 1.25. The maximum absolute atomic E-state index is 13.5. The molecular formula is C26H34N4O2S. The molecule has 0 bridgehead atoms. The third-order valence-electron chi connectivity index (χ3n) is 7.12. The van der Waals surface area contributed by atoms with Crippen molar-refractivity contribution in [3.63, 3.8) is 0 Å². The minimum absolute atomic E-state index is 0.214. The van der Waals surface area contributed by atoms with Gasteiger partial charge in [-0.3, -0.25) is 9.59 Å². The van der Waals surface area contributed by atoms with Crippen molar-refractivity contribution in [1.82, 2.24) is 15.0 Å². The average Bonchev–Trinajstić information content (AvgIpc) is 3.17. The molecule has 1 aromatic carbocycles. The van der Waals surface area contributed by atoms with E-state index >= 15 is 0 Å². The molecule has 0 saturated carbocycles. The lowest BCUT2D eigenvalue weighted by atomic mass is 9.72. The Balaban J connectivity index is 1.67. The summed E-state index contributed by atoms with van der Waals surface area (Å²) in [7, 11) is 0. The van der Waals surface area contributed by atoms with Crippen LogP contribution in [0, 0.1) is 11.3 Å². The topological polar surface area (TPSA) is 76.9 Å². The summed E-state index contributed by atoms with van der Waals surface area (Å²) in [6.45, 7) is 12.7. The minimum atomic E-state index is -0.759. The molecule has 4 rings (SSSR count). The van der Waals surface area contributed by atoms with Crippen LogP contribution in [0.15, 0.2) is 23.0 Å². The van der Waals surface area contributed by atoms with Crippen LogP contribution < -0.4 is 10.9 Å². The number of aryl methyl sites for hydroxylation is 3. The number of benzene rings is 1. The minimum Gasteiger partial charge on any atom is -0.324 e. The first kappa shape index (κ1) is 23.6. The molecule has 2 heterocycles. The van der Waals surface area contributed by atoms with Gasteiger partial charge in [0.15, 0.2) is 4.83 Å². The van der Waals surface area contributed by atoms with Gasteiger partial charge in [-0.25, -0.2) is 0 Å². The van der Waals surface area contributed by atoms with E-state index in [1.165, 1.54) is 9.56 Å². The van der Waals surface area contributed by atoms with Gasteiger partial charge in [-0.15, -0.1) is 16.4 Å². The van der Waals surface area contributed by atoms with E-state index in [1.54, 1.807) is 18.3 Å². The van der Waals surface area contributed by atoms with Gasteiger partial charge in [0.05, 0.1) is 5.39 Å². The van der Waals surface area contributed by atoms with E-state index in [9.17, 15) is 9.59 Å². The fourth-order valence-electron chi connectivity index (χ4n) is 4.84. The predicted octanol–water partition coefficient (Wildman–Crippen LogP) is 5.33. The van der Waals surface area contributed by atoms with Crippen molar-refractivity contribution in [2.24, 2.45) is 11.3 Å². The van der Waals surface area contributed by atoms with Crippen molar-refractivity contribution >= 4 is 33.1 Å². The lowest BCUT2D eigenvalue weighted by Gasteiger charge is -2.33. The predicted molar refractivity (Wildman–Crippen MR) is 135 cm³/mol. The van der Waals surface area contributed by atoms with Crippen LogP contribution >= 0.6 is 11.3 Å². The lowest BCUT2D eigenvalue weighted by Crippen LogP contribution is -2.34. The molecule has 1 aliphatic carbocycles. The molecule has 1 amide bonds. The van der Waals surface area contributed by atoms with E-state index in [2.05, 4.69) is 50.2 Å². The molecule has 0 fully saturated rings. The van der Waals surface area contributed by atoms with Gasteiger partial charge in [0.25, 0.3) is 5.56 Å². The molecule has 1 aliphatic rings. The number of anilines is 1. The zero-order valence-corrected chi connectivity index (χ0v) is 21.3. The summed E-state index contributed by atoms with van der Waals surface area (Å²) in [6.07, 6.45) is 4.56. The van der Waals surface area contributed by atoms with E-state index in [-0.39, 0.29) is 16.9 Å². The second kappa shape index (κ2) is 9.01. The second-order valence-corrected chi connectivity index (χ2v) is 11.2. The van der Waals surface area contributed by atoms with Crippen LogP contribution in [0.5, 0.6) is 0 Å². The number of fused-ring (bicyclic) bond motifs is 3. The molecule has 0 spiro atoms. The summed E-state index contributed by atoms with van der Waals surface area (Å²) in [5, 5.41) is 12.3. The van der Waals surface area contributed by atoms with Gasteiger partial charge in [0, 0.05) is 10.6 Å². The van der Waals surface area contributed by atoms with Crippen LogP contribution in [-0.4, -0.2) is 20.9 Å². The van der Waals surface area contributed by atoms with Gasteiger partial charge in [-0.05, 0) is 67.1 Å². The molecule has 2 atom stereocenters. The summed E-state index contributed by atoms with van der Waals surface area (Å²) in [6, 6.07) is 5.32. The van der Waals surface area contributed by atoms with Gasteiger partial charge in [0.2, 0.25) is 5.91 Å². The van der Waals surface area contributed by atoms with Gasteiger partial charge in [-0.1, -0.05) is 58.0 Å². The highest BCUT2D eigenvalue weighted by atomic mass is 32.1. The zero-order chi connectivity index (χ0) is 23.9. The Bertz CT molecular complexity index is 1230. The SMILES string of the molecule is CCc1cccc(CC)c1NC(=O)C(C)n1nnc2sc3c(c2c1=O)CCC(C(C)(C)C)C3. The van der Waals surface area contributed by atoms with Crippen molar-refractivity contribution in [3.05, 3.63) is 50.1 Å². The number of amides is 1. The maximum atomic E-state index is 13.5. The molecular weight excluding hydrogens is 432 g/mol. The largest absolute Gasteiger partial charge is 0.324 e. The fraction of sp³-hybridized carbons (Fsp3) is 0.538. The number of hydrogen-bond donors (Lipinski definition) is 1. The van der Waals surface area contributed by atoms with Gasteiger partial charge in [-0.2, -0.15) is 4.68 Å². The molecule has 3 aromatic rings. The van der Waals surface area contributed by atoms with Crippen molar-refractivity contribution in [3.8, 4) is 0 Å². The third-order valence-corrected chi connectivity index (χ3v) is 8.26. The Morgan fingerprint density at radius 3 is 2.52 bits per heavy atom. The van der Waals surface area contributed by atoms with Crippen molar-refractivity contribution < 1.29 is 4.79 Å². The summed E-state index contributed by atoms with van der Waals surface area (Å²) in [4.78, 5) is 28.6. The van der Waals surface area contributed by atoms with E-state index in [0.717, 1.165) is 54.5 Å². The van der Waals surface area contributed by atoms with Crippen LogP contribution in [0.1, 0.15) is 75.6 Å². The monoisotopic (exact) mass is 466 g/mol. The van der Waals surface area contributed by atoms with E-state index in [1.807, 2.05) is 18.2 Å². The molecule has 0 saturated heterocycles. The standard InChI is InChI=1S/C26H34N4O2S/c1-7-16-10-9-11-17(8-2)22(16)27-23(31)15(3)30-25(32)21-19-13-12-18(26(4,5)6)14-20(19)33-24(21)28-29-30/h9-11,15,18H,7-8,12-14H2,1-6H3,(H,27,31). The number of carbonyl (C=O) groups is 1. The smallest absolute Gasteiger partial charge is 0.279 e. The molecule has 176 valence electrons. The number of para-hydroxylation sites is 1. The Labute approximate surface area is 199 Å². The molecule has 2 aromatic heterocycles.